The third-order valence-electron chi connectivity index (χ3n) is 4.20. The molecule has 0 aliphatic carbocycles. The lowest BCUT2D eigenvalue weighted by atomic mass is 10.2. The van der Waals surface area contributed by atoms with Crippen LogP contribution in [0.3, 0.4) is 0 Å². The second kappa shape index (κ2) is 8.48. The summed E-state index contributed by atoms with van der Waals surface area (Å²) in [4.78, 5) is 32.5. The molecule has 0 spiro atoms. The van der Waals surface area contributed by atoms with Gasteiger partial charge in [-0.1, -0.05) is 0 Å². The Balaban J connectivity index is 1.56. The van der Waals surface area contributed by atoms with E-state index >= 15 is 0 Å². The van der Waals surface area contributed by atoms with Crippen LogP contribution in [-0.4, -0.2) is 73.0 Å². The first-order valence-electron chi connectivity index (χ1n) is 8.50. The molecular formula is C18H22N4O4. The Kier molecular flexibility index (Phi) is 5.85. The van der Waals surface area contributed by atoms with E-state index in [9.17, 15) is 9.59 Å². The van der Waals surface area contributed by atoms with Crippen LogP contribution in [0, 0.1) is 0 Å². The number of piperazine rings is 1. The van der Waals surface area contributed by atoms with E-state index in [0.29, 0.717) is 50.8 Å². The highest BCUT2D eigenvalue weighted by Crippen LogP contribution is 2.13. The third-order valence-corrected chi connectivity index (χ3v) is 4.20. The molecule has 3 heterocycles. The SMILES string of the molecule is COCCNc1ccnc(C(=O)N2CCN(C(=O)c3ccco3)CC2)c1. The minimum absolute atomic E-state index is 0.134. The van der Waals surface area contributed by atoms with Gasteiger partial charge in [0.2, 0.25) is 0 Å². The molecule has 0 radical (unpaired) electrons. The molecule has 1 saturated heterocycles. The predicted octanol–water partition coefficient (Wildman–Crippen LogP) is 1.33. The Morgan fingerprint density at radius 2 is 1.92 bits per heavy atom. The molecule has 8 heteroatoms. The summed E-state index contributed by atoms with van der Waals surface area (Å²) >= 11 is 0. The standard InChI is InChI=1S/C18H22N4O4/c1-25-12-6-19-14-4-5-20-15(13-14)17(23)21-7-9-22(10-8-21)18(24)16-3-2-11-26-16/h2-5,11,13H,6-10,12H2,1H3,(H,19,20). The normalized spacial score (nSPS) is 14.3. The molecule has 1 fully saturated rings. The highest BCUT2D eigenvalue weighted by molar-refractivity contribution is 5.94. The number of anilines is 1. The Morgan fingerprint density at radius 3 is 2.58 bits per heavy atom. The van der Waals surface area contributed by atoms with Crippen LogP contribution >= 0.6 is 0 Å². The van der Waals surface area contributed by atoms with Crippen LogP contribution in [0.25, 0.3) is 0 Å². The molecule has 0 atom stereocenters. The molecule has 2 aromatic heterocycles. The van der Waals surface area contributed by atoms with Gasteiger partial charge in [0.05, 0.1) is 12.9 Å². The molecule has 138 valence electrons. The van der Waals surface area contributed by atoms with Crippen molar-refractivity contribution in [1.82, 2.24) is 14.8 Å². The number of carbonyl (C=O) groups excluding carboxylic acids is 2. The number of nitrogens with one attached hydrogen (secondary N) is 1. The van der Waals surface area contributed by atoms with Gasteiger partial charge < -0.3 is 24.3 Å². The quantitative estimate of drug-likeness (QED) is 0.784. The Hall–Kier alpha value is -2.87. The molecule has 1 aliphatic rings. The number of hydrogen-bond acceptors (Lipinski definition) is 6. The minimum Gasteiger partial charge on any atom is -0.459 e. The van der Waals surface area contributed by atoms with E-state index in [4.69, 9.17) is 9.15 Å². The lowest BCUT2D eigenvalue weighted by Gasteiger charge is -2.34. The van der Waals surface area contributed by atoms with Crippen LogP contribution in [0.4, 0.5) is 5.69 Å². The second-order valence-corrected chi connectivity index (χ2v) is 5.91. The molecule has 0 bridgehead atoms. The van der Waals surface area contributed by atoms with Crippen molar-refractivity contribution in [1.29, 1.82) is 0 Å². The molecule has 2 aromatic rings. The number of rotatable bonds is 6. The zero-order chi connectivity index (χ0) is 18.4. The van der Waals surface area contributed by atoms with Crippen LogP contribution in [0.15, 0.2) is 41.1 Å². The van der Waals surface area contributed by atoms with Gasteiger partial charge in [-0.2, -0.15) is 0 Å². The summed E-state index contributed by atoms with van der Waals surface area (Å²) in [6.45, 7) is 3.11. The van der Waals surface area contributed by atoms with Gasteiger partial charge in [0.15, 0.2) is 5.76 Å². The van der Waals surface area contributed by atoms with Gasteiger partial charge >= 0.3 is 0 Å². The van der Waals surface area contributed by atoms with E-state index in [1.165, 1.54) is 6.26 Å². The lowest BCUT2D eigenvalue weighted by Crippen LogP contribution is -2.50. The first kappa shape index (κ1) is 17.9. The number of amides is 2. The number of nitrogens with zero attached hydrogens (tertiary/aromatic N) is 3. The molecule has 3 rings (SSSR count). The summed E-state index contributed by atoms with van der Waals surface area (Å²) < 4.78 is 10.1. The van der Waals surface area contributed by atoms with E-state index in [1.54, 1.807) is 41.3 Å². The number of ether oxygens (including phenoxy) is 1. The minimum atomic E-state index is -0.149. The summed E-state index contributed by atoms with van der Waals surface area (Å²) in [7, 11) is 1.64. The van der Waals surface area contributed by atoms with E-state index in [-0.39, 0.29) is 11.8 Å². The maximum absolute atomic E-state index is 12.7. The molecule has 0 saturated carbocycles. The molecule has 0 unspecified atom stereocenters. The number of aromatic nitrogens is 1. The lowest BCUT2D eigenvalue weighted by molar-refractivity contribution is 0.0515. The van der Waals surface area contributed by atoms with Crippen LogP contribution < -0.4 is 5.32 Å². The summed E-state index contributed by atoms with van der Waals surface area (Å²) in [6, 6.07) is 6.88. The summed E-state index contributed by atoms with van der Waals surface area (Å²) in [5.74, 6) is 0.0383. The van der Waals surface area contributed by atoms with Crippen molar-refractivity contribution in [2.75, 3.05) is 51.8 Å². The smallest absolute Gasteiger partial charge is 0.289 e. The first-order valence-corrected chi connectivity index (χ1v) is 8.50. The molecular weight excluding hydrogens is 336 g/mol. The number of furan rings is 1. The Bertz CT molecular complexity index is 739. The molecule has 2 amide bonds. The Labute approximate surface area is 151 Å². The van der Waals surface area contributed by atoms with Crippen molar-refractivity contribution in [3.05, 3.63) is 48.2 Å². The van der Waals surface area contributed by atoms with Crippen molar-refractivity contribution in [2.45, 2.75) is 0 Å². The Morgan fingerprint density at radius 1 is 1.19 bits per heavy atom. The largest absolute Gasteiger partial charge is 0.459 e. The van der Waals surface area contributed by atoms with Crippen molar-refractivity contribution < 1.29 is 18.7 Å². The molecule has 26 heavy (non-hydrogen) atoms. The maximum Gasteiger partial charge on any atom is 0.289 e. The van der Waals surface area contributed by atoms with Crippen LogP contribution in [-0.2, 0) is 4.74 Å². The molecule has 0 aromatic carbocycles. The van der Waals surface area contributed by atoms with Gasteiger partial charge in [-0.3, -0.25) is 14.6 Å². The predicted molar refractivity (Wildman–Crippen MR) is 95.1 cm³/mol. The van der Waals surface area contributed by atoms with Crippen molar-refractivity contribution in [3.8, 4) is 0 Å². The fourth-order valence-corrected chi connectivity index (χ4v) is 2.79. The van der Waals surface area contributed by atoms with Gasteiger partial charge in [0, 0.05) is 51.7 Å². The van der Waals surface area contributed by atoms with Crippen LogP contribution in [0.2, 0.25) is 0 Å². The molecule has 8 nitrogen and oxygen atoms in total. The molecule has 1 N–H and O–H groups in total. The van der Waals surface area contributed by atoms with Crippen molar-refractivity contribution in [3.63, 3.8) is 0 Å². The topological polar surface area (TPSA) is 87.9 Å². The maximum atomic E-state index is 12.7. The monoisotopic (exact) mass is 358 g/mol. The third kappa shape index (κ3) is 4.20. The van der Waals surface area contributed by atoms with E-state index in [1.807, 2.05) is 6.07 Å². The van der Waals surface area contributed by atoms with E-state index in [2.05, 4.69) is 10.3 Å². The fraction of sp³-hybridized carbons (Fsp3) is 0.389. The highest BCUT2D eigenvalue weighted by atomic mass is 16.5. The number of hydrogen-bond donors (Lipinski definition) is 1. The summed E-state index contributed by atoms with van der Waals surface area (Å²) in [6.07, 6.45) is 3.09. The van der Waals surface area contributed by atoms with Crippen molar-refractivity contribution in [2.24, 2.45) is 0 Å². The van der Waals surface area contributed by atoms with E-state index in [0.717, 1.165) is 5.69 Å². The fourth-order valence-electron chi connectivity index (χ4n) is 2.79. The van der Waals surface area contributed by atoms with Gasteiger partial charge in [0.25, 0.3) is 11.8 Å². The number of pyridine rings is 1. The van der Waals surface area contributed by atoms with Gasteiger partial charge in [-0.05, 0) is 24.3 Å². The summed E-state index contributed by atoms with van der Waals surface area (Å²) in [5.41, 5.74) is 1.21. The molecule has 1 aliphatic heterocycles. The van der Waals surface area contributed by atoms with Gasteiger partial charge in [-0.15, -0.1) is 0 Å². The van der Waals surface area contributed by atoms with Crippen LogP contribution in [0.1, 0.15) is 21.0 Å². The number of methoxy groups -OCH3 is 1. The van der Waals surface area contributed by atoms with Gasteiger partial charge in [-0.25, -0.2) is 0 Å². The first-order chi connectivity index (χ1) is 12.7. The van der Waals surface area contributed by atoms with E-state index < -0.39 is 0 Å². The van der Waals surface area contributed by atoms with Crippen molar-refractivity contribution >= 4 is 17.5 Å². The average Bonchev–Trinajstić information content (AvgIpc) is 3.22. The van der Waals surface area contributed by atoms with Gasteiger partial charge in [0.1, 0.15) is 5.69 Å². The number of carbonyl (C=O) groups is 2. The summed E-state index contributed by atoms with van der Waals surface area (Å²) in [5, 5.41) is 3.18. The average molecular weight is 358 g/mol. The second-order valence-electron chi connectivity index (χ2n) is 5.91. The van der Waals surface area contributed by atoms with Crippen LogP contribution in [0.5, 0.6) is 0 Å². The zero-order valence-electron chi connectivity index (χ0n) is 14.7. The zero-order valence-corrected chi connectivity index (χ0v) is 14.7. The highest BCUT2D eigenvalue weighted by Gasteiger charge is 2.27.